The number of nitrogens with one attached hydrogen (secondary N) is 2. The van der Waals surface area contributed by atoms with Gasteiger partial charge in [0.1, 0.15) is 12.1 Å². The summed E-state index contributed by atoms with van der Waals surface area (Å²) < 4.78 is 5.70. The van der Waals surface area contributed by atoms with Gasteiger partial charge < -0.3 is 30.5 Å². The SMILES string of the molecule is C#CC[C@H](NC(=O)[C@@H](CC(=O)N(C)CCN1C2CCC1COC2)Cc1ccccc1)C(=O)N[C@@H](CC1CCCCC1)C(O)[C@@H](O)CC(C)C. The number of morpholine rings is 1. The second-order valence-corrected chi connectivity index (χ2v) is 15.1. The third-order valence-electron chi connectivity index (χ3n) is 10.7. The molecule has 2 aliphatic heterocycles. The van der Waals surface area contributed by atoms with Gasteiger partial charge >= 0.3 is 0 Å². The molecular weight excluding hydrogens is 620 g/mol. The number of benzene rings is 1. The second kappa shape index (κ2) is 19.4. The van der Waals surface area contributed by atoms with Crippen molar-refractivity contribution in [3.8, 4) is 12.3 Å². The Balaban J connectivity index is 1.43. The van der Waals surface area contributed by atoms with Crippen LogP contribution in [-0.2, 0) is 25.5 Å². The highest BCUT2D eigenvalue weighted by molar-refractivity contribution is 5.91. The van der Waals surface area contributed by atoms with Gasteiger partial charge in [-0.3, -0.25) is 19.3 Å². The van der Waals surface area contributed by atoms with Crippen molar-refractivity contribution in [1.29, 1.82) is 0 Å². The zero-order valence-corrected chi connectivity index (χ0v) is 29.9. The van der Waals surface area contributed by atoms with Gasteiger partial charge in [0.15, 0.2) is 0 Å². The lowest BCUT2D eigenvalue weighted by atomic mass is 9.82. The number of hydrogen-bond donors (Lipinski definition) is 4. The van der Waals surface area contributed by atoms with E-state index in [0.29, 0.717) is 43.8 Å². The summed E-state index contributed by atoms with van der Waals surface area (Å²) in [6, 6.07) is 8.62. The van der Waals surface area contributed by atoms with Crippen LogP contribution in [0.25, 0.3) is 0 Å². The van der Waals surface area contributed by atoms with Gasteiger partial charge in [-0.1, -0.05) is 76.3 Å². The molecule has 4 rings (SSSR count). The average molecular weight is 681 g/mol. The topological polar surface area (TPSA) is 131 Å². The summed E-state index contributed by atoms with van der Waals surface area (Å²) in [5, 5.41) is 27.9. The van der Waals surface area contributed by atoms with Crippen LogP contribution in [0.15, 0.2) is 30.3 Å². The summed E-state index contributed by atoms with van der Waals surface area (Å²) in [5.41, 5.74) is 0.913. The normalized spacial score (nSPS) is 22.8. The summed E-state index contributed by atoms with van der Waals surface area (Å²) in [6.45, 7) is 6.75. The number of carbonyl (C=O) groups is 3. The highest BCUT2D eigenvalue weighted by Crippen LogP contribution is 2.30. The van der Waals surface area contributed by atoms with E-state index in [1.165, 1.54) is 6.42 Å². The number of hydrogen-bond acceptors (Lipinski definition) is 7. The Morgan fingerprint density at radius 3 is 2.31 bits per heavy atom. The molecule has 2 saturated heterocycles. The number of fused-ring (bicyclic) bond motifs is 2. The summed E-state index contributed by atoms with van der Waals surface area (Å²) in [7, 11) is 1.78. The van der Waals surface area contributed by atoms with E-state index in [4.69, 9.17) is 11.2 Å². The Morgan fingerprint density at radius 1 is 1.00 bits per heavy atom. The smallest absolute Gasteiger partial charge is 0.243 e. The van der Waals surface area contributed by atoms with Crippen molar-refractivity contribution in [1.82, 2.24) is 20.4 Å². The molecule has 49 heavy (non-hydrogen) atoms. The van der Waals surface area contributed by atoms with Gasteiger partial charge in [-0.25, -0.2) is 0 Å². The summed E-state index contributed by atoms with van der Waals surface area (Å²) >= 11 is 0. The standard InChI is InChI=1S/C39H60N4O6/c1-5-12-33(39(48)41-34(23-29-15-10-7-11-16-29)37(46)35(44)21-27(2)3)40-38(47)30(22-28-13-8-6-9-14-28)24-36(45)42(4)19-20-43-31-17-18-32(43)26-49-25-31/h1,6,8-9,13-14,27,29-35,37,44,46H,7,10-12,15-26H2,2-4H3,(H,40,47)(H,41,48)/t30-,31?,32?,33+,34+,35+,37?/m1/s1. The third kappa shape index (κ3) is 11.8. The van der Waals surface area contributed by atoms with Gasteiger partial charge in [0.05, 0.1) is 31.3 Å². The van der Waals surface area contributed by atoms with E-state index >= 15 is 0 Å². The van der Waals surface area contributed by atoms with Gasteiger partial charge in [0, 0.05) is 45.1 Å². The lowest BCUT2D eigenvalue weighted by molar-refractivity contribution is -0.137. The van der Waals surface area contributed by atoms with Crippen molar-refractivity contribution < 1.29 is 29.3 Å². The first-order chi connectivity index (χ1) is 23.5. The molecule has 3 fully saturated rings. The predicted molar refractivity (Wildman–Crippen MR) is 190 cm³/mol. The highest BCUT2D eigenvalue weighted by Gasteiger charge is 2.38. The molecule has 4 N–H and O–H groups in total. The molecular formula is C39H60N4O6. The lowest BCUT2D eigenvalue weighted by Gasteiger charge is -2.35. The third-order valence-corrected chi connectivity index (χ3v) is 10.7. The van der Waals surface area contributed by atoms with Crippen LogP contribution in [0.3, 0.4) is 0 Å². The van der Waals surface area contributed by atoms with Gasteiger partial charge in [-0.2, -0.15) is 0 Å². The highest BCUT2D eigenvalue weighted by atomic mass is 16.5. The fraction of sp³-hybridized carbons (Fsp3) is 0.718. The zero-order chi connectivity index (χ0) is 35.3. The number of rotatable bonds is 18. The van der Waals surface area contributed by atoms with E-state index in [2.05, 4.69) is 21.5 Å². The number of ether oxygens (including phenoxy) is 1. The van der Waals surface area contributed by atoms with Crippen LogP contribution in [-0.4, -0.2) is 107 Å². The molecule has 0 radical (unpaired) electrons. The van der Waals surface area contributed by atoms with E-state index in [1.54, 1.807) is 11.9 Å². The maximum absolute atomic E-state index is 13.9. The minimum absolute atomic E-state index is 0.0119. The molecule has 2 bridgehead atoms. The van der Waals surface area contributed by atoms with E-state index < -0.39 is 42.0 Å². The molecule has 0 spiro atoms. The molecule has 1 aromatic carbocycles. The molecule has 3 unspecified atom stereocenters. The average Bonchev–Trinajstić information content (AvgIpc) is 3.30. The molecule has 272 valence electrons. The van der Waals surface area contributed by atoms with Crippen molar-refractivity contribution in [2.24, 2.45) is 17.8 Å². The van der Waals surface area contributed by atoms with Crippen LogP contribution >= 0.6 is 0 Å². The Bertz CT molecular complexity index is 1220. The number of nitrogens with zero attached hydrogens (tertiary/aromatic N) is 2. The van der Waals surface area contributed by atoms with Gasteiger partial charge in [0.2, 0.25) is 17.7 Å². The molecule has 1 aromatic rings. The van der Waals surface area contributed by atoms with E-state index in [-0.39, 0.29) is 24.7 Å². The van der Waals surface area contributed by atoms with Crippen molar-refractivity contribution in [2.45, 2.75) is 127 Å². The first-order valence-electron chi connectivity index (χ1n) is 18.6. The van der Waals surface area contributed by atoms with Crippen LogP contribution in [0.5, 0.6) is 0 Å². The van der Waals surface area contributed by atoms with Crippen LogP contribution in [0, 0.1) is 30.1 Å². The molecule has 10 heteroatoms. The summed E-state index contributed by atoms with van der Waals surface area (Å²) in [4.78, 5) is 45.4. The molecule has 1 aliphatic carbocycles. The number of aliphatic hydroxyl groups is 2. The zero-order valence-electron chi connectivity index (χ0n) is 29.9. The summed E-state index contributed by atoms with van der Waals surface area (Å²) in [5.74, 6) is 1.25. The minimum atomic E-state index is -1.15. The molecule has 1 saturated carbocycles. The number of carbonyl (C=O) groups excluding carboxylic acids is 3. The number of terminal acetylenes is 1. The quantitative estimate of drug-likeness (QED) is 0.175. The molecule has 7 atom stereocenters. The Hall–Kier alpha value is -2.97. The van der Waals surface area contributed by atoms with E-state index in [9.17, 15) is 24.6 Å². The summed E-state index contributed by atoms with van der Waals surface area (Å²) in [6.07, 6.45) is 12.4. The monoisotopic (exact) mass is 680 g/mol. The number of likely N-dealkylation sites (N-methyl/N-ethyl adjacent to an activating group) is 1. The molecule has 0 aromatic heterocycles. The van der Waals surface area contributed by atoms with Crippen molar-refractivity contribution in [3.05, 3.63) is 35.9 Å². The Kier molecular flexibility index (Phi) is 15.4. The van der Waals surface area contributed by atoms with Gasteiger partial charge in [-0.05, 0) is 49.5 Å². The first kappa shape index (κ1) is 38.8. The minimum Gasteiger partial charge on any atom is -0.390 e. The lowest BCUT2D eigenvalue weighted by Crippen LogP contribution is -2.56. The Labute approximate surface area is 293 Å². The van der Waals surface area contributed by atoms with Crippen LogP contribution < -0.4 is 10.6 Å². The molecule has 10 nitrogen and oxygen atoms in total. The molecule has 2 heterocycles. The molecule has 3 aliphatic rings. The van der Waals surface area contributed by atoms with Crippen molar-refractivity contribution >= 4 is 17.7 Å². The second-order valence-electron chi connectivity index (χ2n) is 15.1. The largest absolute Gasteiger partial charge is 0.390 e. The first-order valence-corrected chi connectivity index (χ1v) is 18.6. The Morgan fingerprint density at radius 2 is 1.67 bits per heavy atom. The maximum Gasteiger partial charge on any atom is 0.243 e. The van der Waals surface area contributed by atoms with E-state index in [0.717, 1.165) is 63.8 Å². The number of aliphatic hydroxyl groups excluding tert-OH is 2. The number of amides is 3. The van der Waals surface area contributed by atoms with Gasteiger partial charge in [-0.15, -0.1) is 12.3 Å². The van der Waals surface area contributed by atoms with Crippen molar-refractivity contribution in [3.63, 3.8) is 0 Å². The fourth-order valence-corrected chi connectivity index (χ4v) is 7.85. The van der Waals surface area contributed by atoms with Crippen molar-refractivity contribution in [2.75, 3.05) is 33.4 Å². The van der Waals surface area contributed by atoms with Gasteiger partial charge in [0.25, 0.3) is 0 Å². The fourth-order valence-electron chi connectivity index (χ4n) is 7.85. The predicted octanol–water partition coefficient (Wildman–Crippen LogP) is 3.29. The van der Waals surface area contributed by atoms with Crippen LogP contribution in [0.4, 0.5) is 0 Å². The van der Waals surface area contributed by atoms with E-state index in [1.807, 2.05) is 44.2 Å². The van der Waals surface area contributed by atoms with Crippen LogP contribution in [0.1, 0.15) is 90.0 Å². The maximum atomic E-state index is 13.9. The molecule has 3 amide bonds. The van der Waals surface area contributed by atoms with Crippen LogP contribution in [0.2, 0.25) is 0 Å².